The lowest BCUT2D eigenvalue weighted by molar-refractivity contribution is -0.136. The molecule has 6 nitrogen and oxygen atoms in total. The minimum atomic E-state index is -0.538. The number of nitrogens with one attached hydrogen (secondary N) is 1. The number of benzene rings is 2. The van der Waals surface area contributed by atoms with Gasteiger partial charge >= 0.3 is 5.97 Å². The van der Waals surface area contributed by atoms with E-state index in [1.807, 2.05) is 55.5 Å². The van der Waals surface area contributed by atoms with Crippen LogP contribution in [0.15, 0.2) is 71.1 Å². The van der Waals surface area contributed by atoms with Gasteiger partial charge < -0.3 is 19.5 Å². The quantitative estimate of drug-likeness (QED) is 0.607. The van der Waals surface area contributed by atoms with Crippen molar-refractivity contribution >= 4 is 11.8 Å². The fourth-order valence-electron chi connectivity index (χ4n) is 4.87. The first kappa shape index (κ1) is 23.6. The van der Waals surface area contributed by atoms with Crippen LogP contribution >= 0.6 is 0 Å². The normalized spacial score (nSPS) is 19.3. The van der Waals surface area contributed by atoms with E-state index >= 15 is 0 Å². The fourth-order valence-corrected chi connectivity index (χ4v) is 4.87. The van der Waals surface area contributed by atoms with Gasteiger partial charge in [0.05, 0.1) is 19.8 Å². The molecule has 1 heterocycles. The molecule has 1 N–H and O–H groups in total. The summed E-state index contributed by atoms with van der Waals surface area (Å²) in [5.74, 6) is 0.183. The van der Waals surface area contributed by atoms with Crippen molar-refractivity contribution in [3.05, 3.63) is 82.2 Å². The van der Waals surface area contributed by atoms with E-state index in [0.29, 0.717) is 41.4 Å². The Labute approximate surface area is 200 Å². The Hall–Kier alpha value is -3.54. The molecule has 0 bridgehead atoms. The highest BCUT2D eigenvalue weighted by Gasteiger charge is 2.43. The summed E-state index contributed by atoms with van der Waals surface area (Å²) in [4.78, 5) is 26.2. The lowest BCUT2D eigenvalue weighted by Crippen LogP contribution is -2.38. The van der Waals surface area contributed by atoms with Crippen LogP contribution in [-0.2, 0) is 20.9 Å². The van der Waals surface area contributed by atoms with Crippen molar-refractivity contribution in [1.82, 2.24) is 5.32 Å². The number of methoxy groups -OCH3 is 2. The van der Waals surface area contributed by atoms with Gasteiger partial charge in [-0.3, -0.25) is 4.79 Å². The number of ether oxygens (including phenoxy) is 3. The molecule has 0 spiro atoms. The molecule has 1 unspecified atom stereocenters. The second kappa shape index (κ2) is 9.37. The van der Waals surface area contributed by atoms with E-state index in [0.717, 1.165) is 23.2 Å². The summed E-state index contributed by atoms with van der Waals surface area (Å²) < 4.78 is 16.8. The monoisotopic (exact) mass is 461 g/mol. The molecule has 0 fully saturated rings. The number of carbonyl (C=O) groups is 2. The van der Waals surface area contributed by atoms with Crippen molar-refractivity contribution < 1.29 is 23.8 Å². The second-order valence-electron chi connectivity index (χ2n) is 9.61. The molecule has 0 radical (unpaired) electrons. The Bertz CT molecular complexity index is 1180. The van der Waals surface area contributed by atoms with Crippen molar-refractivity contribution in [2.45, 2.75) is 46.1 Å². The van der Waals surface area contributed by atoms with Gasteiger partial charge in [0.2, 0.25) is 0 Å². The standard InChI is InChI=1S/C28H31NO5/c1-17-24(27(31)33-5)25(26-20(29-17)14-28(2,3)15-21(26)30)19-11-12-22(23(13-19)32-4)34-16-18-9-7-6-8-10-18/h6-13,25,29H,14-16H2,1-5H3. The van der Waals surface area contributed by atoms with Gasteiger partial charge in [-0.2, -0.15) is 0 Å². The molecular weight excluding hydrogens is 430 g/mol. The van der Waals surface area contributed by atoms with Crippen molar-refractivity contribution in [2.24, 2.45) is 5.41 Å². The molecule has 178 valence electrons. The molecule has 0 saturated heterocycles. The highest BCUT2D eigenvalue weighted by molar-refractivity contribution is 6.04. The Kier molecular flexibility index (Phi) is 6.51. The average molecular weight is 462 g/mol. The molecule has 2 aromatic rings. The number of hydrogen-bond acceptors (Lipinski definition) is 6. The van der Waals surface area contributed by atoms with E-state index in [1.54, 1.807) is 7.11 Å². The first-order valence-corrected chi connectivity index (χ1v) is 11.4. The van der Waals surface area contributed by atoms with Gasteiger partial charge in [-0.05, 0) is 42.0 Å². The van der Waals surface area contributed by atoms with Crippen molar-refractivity contribution in [1.29, 1.82) is 0 Å². The van der Waals surface area contributed by atoms with E-state index in [1.165, 1.54) is 7.11 Å². The number of rotatable bonds is 6. The maximum atomic E-state index is 13.3. The summed E-state index contributed by atoms with van der Waals surface area (Å²) in [6.07, 6.45) is 1.15. The Balaban J connectivity index is 1.75. The van der Waals surface area contributed by atoms with Crippen LogP contribution < -0.4 is 14.8 Å². The molecular formula is C28H31NO5. The minimum Gasteiger partial charge on any atom is -0.493 e. The molecule has 34 heavy (non-hydrogen) atoms. The molecule has 6 heteroatoms. The zero-order valence-electron chi connectivity index (χ0n) is 20.4. The topological polar surface area (TPSA) is 73.9 Å². The fraction of sp³-hybridized carbons (Fsp3) is 0.357. The second-order valence-corrected chi connectivity index (χ2v) is 9.61. The van der Waals surface area contributed by atoms with Crippen LogP contribution in [0.5, 0.6) is 11.5 Å². The average Bonchev–Trinajstić information content (AvgIpc) is 2.81. The van der Waals surface area contributed by atoms with E-state index in [9.17, 15) is 9.59 Å². The summed E-state index contributed by atoms with van der Waals surface area (Å²) >= 11 is 0. The highest BCUT2D eigenvalue weighted by Crippen LogP contribution is 2.47. The number of dihydropyridines is 1. The highest BCUT2D eigenvalue weighted by atomic mass is 16.5. The van der Waals surface area contributed by atoms with Gasteiger partial charge in [-0.25, -0.2) is 4.79 Å². The summed E-state index contributed by atoms with van der Waals surface area (Å²) in [6, 6.07) is 15.5. The number of esters is 1. The number of Topliss-reactive ketones (excluding diaryl/α,β-unsaturated/α-hetero) is 1. The van der Waals surface area contributed by atoms with Gasteiger partial charge in [0.1, 0.15) is 6.61 Å². The predicted octanol–water partition coefficient (Wildman–Crippen LogP) is 5.05. The van der Waals surface area contributed by atoms with Crippen LogP contribution in [-0.4, -0.2) is 26.0 Å². The largest absolute Gasteiger partial charge is 0.493 e. The van der Waals surface area contributed by atoms with Crippen LogP contribution in [0.3, 0.4) is 0 Å². The number of allylic oxidation sites excluding steroid dienone is 3. The summed E-state index contributed by atoms with van der Waals surface area (Å²) in [7, 11) is 2.94. The number of carbonyl (C=O) groups excluding carboxylic acids is 2. The van der Waals surface area contributed by atoms with Gasteiger partial charge in [-0.15, -0.1) is 0 Å². The Morgan fingerprint density at radius 2 is 1.79 bits per heavy atom. The lowest BCUT2D eigenvalue weighted by atomic mass is 9.68. The molecule has 0 aromatic heterocycles. The van der Waals surface area contributed by atoms with Crippen LogP contribution in [0.25, 0.3) is 0 Å². The van der Waals surface area contributed by atoms with Crippen molar-refractivity contribution in [3.8, 4) is 11.5 Å². The van der Waals surface area contributed by atoms with E-state index < -0.39 is 11.9 Å². The molecule has 1 aliphatic carbocycles. The third-order valence-corrected chi connectivity index (χ3v) is 6.40. The molecule has 4 rings (SSSR count). The SMILES string of the molecule is COC(=O)C1=C(C)NC2=C(C(=O)CC(C)(C)C2)C1c1ccc(OCc2ccccc2)c(OC)c1. The molecule has 0 amide bonds. The van der Waals surface area contributed by atoms with Crippen molar-refractivity contribution in [2.75, 3.05) is 14.2 Å². The van der Waals surface area contributed by atoms with Gasteiger partial charge in [0.15, 0.2) is 17.3 Å². The number of hydrogen-bond donors (Lipinski definition) is 1. The molecule has 1 atom stereocenters. The van der Waals surface area contributed by atoms with Gasteiger partial charge in [0, 0.05) is 29.3 Å². The predicted molar refractivity (Wildman–Crippen MR) is 129 cm³/mol. The molecule has 2 aromatic carbocycles. The molecule has 2 aliphatic rings. The van der Waals surface area contributed by atoms with E-state index in [4.69, 9.17) is 14.2 Å². The zero-order chi connectivity index (χ0) is 24.5. The first-order valence-electron chi connectivity index (χ1n) is 11.4. The summed E-state index contributed by atoms with van der Waals surface area (Å²) in [5.41, 5.74) is 4.32. The van der Waals surface area contributed by atoms with Gasteiger partial charge in [-0.1, -0.05) is 50.2 Å². The van der Waals surface area contributed by atoms with Crippen LogP contribution in [0, 0.1) is 5.41 Å². The van der Waals surface area contributed by atoms with E-state index in [-0.39, 0.29) is 11.2 Å². The lowest BCUT2D eigenvalue weighted by Gasteiger charge is -2.39. The van der Waals surface area contributed by atoms with Crippen LogP contribution in [0.4, 0.5) is 0 Å². The Morgan fingerprint density at radius 1 is 1.06 bits per heavy atom. The first-order chi connectivity index (χ1) is 16.2. The Morgan fingerprint density at radius 3 is 2.47 bits per heavy atom. The third kappa shape index (κ3) is 4.58. The molecule has 1 aliphatic heterocycles. The summed E-state index contributed by atoms with van der Waals surface area (Å²) in [6.45, 7) is 6.42. The number of ketones is 1. The van der Waals surface area contributed by atoms with Crippen LogP contribution in [0.1, 0.15) is 50.7 Å². The minimum absolute atomic E-state index is 0.0426. The molecule has 0 saturated carbocycles. The van der Waals surface area contributed by atoms with Crippen molar-refractivity contribution in [3.63, 3.8) is 0 Å². The van der Waals surface area contributed by atoms with E-state index in [2.05, 4.69) is 19.2 Å². The van der Waals surface area contributed by atoms with Crippen LogP contribution in [0.2, 0.25) is 0 Å². The zero-order valence-corrected chi connectivity index (χ0v) is 20.4. The smallest absolute Gasteiger partial charge is 0.336 e. The maximum absolute atomic E-state index is 13.3. The maximum Gasteiger partial charge on any atom is 0.336 e. The summed E-state index contributed by atoms with van der Waals surface area (Å²) in [5, 5.41) is 3.33. The van der Waals surface area contributed by atoms with Gasteiger partial charge in [0.25, 0.3) is 0 Å². The third-order valence-electron chi connectivity index (χ3n) is 6.40.